The lowest BCUT2D eigenvalue weighted by atomic mass is 10.2. The minimum atomic E-state index is -0.258. The zero-order valence-electron chi connectivity index (χ0n) is 9.56. The van der Waals surface area contributed by atoms with Crippen molar-refractivity contribution < 1.29 is 9.53 Å². The highest BCUT2D eigenvalue weighted by molar-refractivity contribution is 5.78. The van der Waals surface area contributed by atoms with E-state index in [0.717, 1.165) is 12.0 Å². The van der Waals surface area contributed by atoms with Gasteiger partial charge in [0.1, 0.15) is 5.75 Å². The van der Waals surface area contributed by atoms with Crippen molar-refractivity contribution in [3.63, 3.8) is 0 Å². The number of nitrogens with one attached hydrogen (secondary N) is 1. The van der Waals surface area contributed by atoms with E-state index in [0.29, 0.717) is 5.75 Å². The summed E-state index contributed by atoms with van der Waals surface area (Å²) in [7, 11) is 0. The van der Waals surface area contributed by atoms with Crippen LogP contribution in [-0.2, 0) is 4.79 Å². The van der Waals surface area contributed by atoms with E-state index in [2.05, 4.69) is 10.5 Å². The fourth-order valence-corrected chi connectivity index (χ4v) is 1.10. The number of hydrogen-bond donors (Lipinski definition) is 1. The first-order valence-electron chi connectivity index (χ1n) is 5.22. The van der Waals surface area contributed by atoms with Crippen LogP contribution in [0.4, 0.5) is 0 Å². The summed E-state index contributed by atoms with van der Waals surface area (Å²) in [5.41, 5.74) is 3.47. The van der Waals surface area contributed by atoms with Gasteiger partial charge < -0.3 is 4.74 Å². The van der Waals surface area contributed by atoms with Gasteiger partial charge >= 0.3 is 0 Å². The van der Waals surface area contributed by atoms with Crippen LogP contribution in [0.25, 0.3) is 0 Å². The first kappa shape index (κ1) is 12.2. The Morgan fingerprint density at radius 2 is 2.38 bits per heavy atom. The molecule has 0 saturated heterocycles. The third-order valence-corrected chi connectivity index (χ3v) is 1.82. The molecule has 4 nitrogen and oxygen atoms in total. The molecule has 0 saturated carbocycles. The second-order valence-corrected chi connectivity index (χ2v) is 3.36. The zero-order valence-corrected chi connectivity index (χ0v) is 9.56. The van der Waals surface area contributed by atoms with Gasteiger partial charge in [0.05, 0.1) is 0 Å². The molecule has 0 atom stereocenters. The number of carbonyl (C=O) groups is 1. The molecule has 1 N–H and O–H groups in total. The highest BCUT2D eigenvalue weighted by Crippen LogP contribution is 2.11. The maximum absolute atomic E-state index is 11.2. The van der Waals surface area contributed by atoms with Crippen LogP contribution in [-0.4, -0.2) is 18.7 Å². The van der Waals surface area contributed by atoms with Crippen LogP contribution in [0, 0.1) is 6.92 Å². The van der Waals surface area contributed by atoms with E-state index in [9.17, 15) is 4.79 Å². The minimum absolute atomic E-state index is 0.0233. The molecule has 0 aromatic heterocycles. The predicted octanol–water partition coefficient (Wildman–Crippen LogP) is 1.89. The molecule has 86 valence electrons. The number of aryl methyl sites for hydroxylation is 1. The fraction of sp³-hybridized carbons (Fsp3) is 0.333. The summed E-state index contributed by atoms with van der Waals surface area (Å²) in [5.74, 6) is 0.431. The van der Waals surface area contributed by atoms with Gasteiger partial charge in [-0.25, -0.2) is 5.43 Å². The van der Waals surface area contributed by atoms with Crippen LogP contribution >= 0.6 is 0 Å². The summed E-state index contributed by atoms with van der Waals surface area (Å²) < 4.78 is 5.29. The van der Waals surface area contributed by atoms with Gasteiger partial charge in [-0.1, -0.05) is 19.1 Å². The molecule has 0 bridgehead atoms. The quantitative estimate of drug-likeness (QED) is 0.608. The Morgan fingerprint density at radius 3 is 3.06 bits per heavy atom. The number of hydrogen-bond acceptors (Lipinski definition) is 3. The van der Waals surface area contributed by atoms with Crippen LogP contribution in [0.3, 0.4) is 0 Å². The minimum Gasteiger partial charge on any atom is -0.484 e. The van der Waals surface area contributed by atoms with Crippen molar-refractivity contribution in [2.75, 3.05) is 6.61 Å². The van der Waals surface area contributed by atoms with Gasteiger partial charge in [-0.15, -0.1) is 0 Å². The van der Waals surface area contributed by atoms with E-state index in [-0.39, 0.29) is 12.5 Å². The average molecular weight is 220 g/mol. The van der Waals surface area contributed by atoms with Gasteiger partial charge in [-0.2, -0.15) is 5.10 Å². The molecule has 0 fully saturated rings. The number of ether oxygens (including phenoxy) is 1. The van der Waals surface area contributed by atoms with Crippen molar-refractivity contribution in [2.45, 2.75) is 20.3 Å². The van der Waals surface area contributed by atoms with Crippen molar-refractivity contribution >= 4 is 12.1 Å². The summed E-state index contributed by atoms with van der Waals surface area (Å²) in [6, 6.07) is 7.55. The number of benzene rings is 1. The molecule has 0 aliphatic rings. The third-order valence-electron chi connectivity index (χ3n) is 1.82. The van der Waals surface area contributed by atoms with Gasteiger partial charge in [0.25, 0.3) is 5.91 Å². The third kappa shape index (κ3) is 4.59. The largest absolute Gasteiger partial charge is 0.484 e. The zero-order chi connectivity index (χ0) is 11.8. The van der Waals surface area contributed by atoms with Crippen LogP contribution < -0.4 is 10.2 Å². The molecule has 0 aliphatic carbocycles. The highest BCUT2D eigenvalue weighted by Gasteiger charge is 2.00. The first-order chi connectivity index (χ1) is 7.72. The van der Waals surface area contributed by atoms with Gasteiger partial charge in [-0.05, 0) is 31.0 Å². The van der Waals surface area contributed by atoms with Gasteiger partial charge in [0, 0.05) is 6.21 Å². The standard InChI is InChI=1S/C12H16N2O2/c1-3-7-13-14-12(15)9-16-11-6-4-5-10(2)8-11/h4-8H,3,9H2,1-2H3,(H,14,15)/b13-7+. The maximum Gasteiger partial charge on any atom is 0.277 e. The Hall–Kier alpha value is -1.84. The summed E-state index contributed by atoms with van der Waals surface area (Å²) in [6.45, 7) is 3.89. The number of hydrazone groups is 1. The SMILES string of the molecule is CC/C=N/NC(=O)COc1cccc(C)c1. The molecule has 1 aromatic carbocycles. The molecular weight excluding hydrogens is 204 g/mol. The molecular formula is C12H16N2O2. The van der Waals surface area contributed by atoms with Crippen molar-refractivity contribution in [2.24, 2.45) is 5.10 Å². The average Bonchev–Trinajstić information content (AvgIpc) is 2.27. The number of nitrogens with zero attached hydrogens (tertiary/aromatic N) is 1. The molecule has 0 spiro atoms. The summed E-state index contributed by atoms with van der Waals surface area (Å²) >= 11 is 0. The van der Waals surface area contributed by atoms with Gasteiger partial charge in [0.2, 0.25) is 0 Å². The lowest BCUT2D eigenvalue weighted by molar-refractivity contribution is -0.123. The molecule has 1 amide bonds. The monoisotopic (exact) mass is 220 g/mol. The molecule has 4 heteroatoms. The Balaban J connectivity index is 2.34. The maximum atomic E-state index is 11.2. The Bertz CT molecular complexity index is 375. The second-order valence-electron chi connectivity index (χ2n) is 3.36. The molecule has 0 unspecified atom stereocenters. The summed E-state index contributed by atoms with van der Waals surface area (Å²) in [5, 5.41) is 3.72. The Labute approximate surface area is 95.3 Å². The van der Waals surface area contributed by atoms with E-state index >= 15 is 0 Å². The van der Waals surface area contributed by atoms with Crippen molar-refractivity contribution in [3.05, 3.63) is 29.8 Å². The summed E-state index contributed by atoms with van der Waals surface area (Å²) in [6.07, 6.45) is 2.42. The van der Waals surface area contributed by atoms with Crippen LogP contribution in [0.1, 0.15) is 18.9 Å². The lowest BCUT2D eigenvalue weighted by Gasteiger charge is -2.05. The predicted molar refractivity (Wildman–Crippen MR) is 63.6 cm³/mol. The summed E-state index contributed by atoms with van der Waals surface area (Å²) in [4.78, 5) is 11.2. The highest BCUT2D eigenvalue weighted by atomic mass is 16.5. The van der Waals surface area contributed by atoms with Gasteiger partial charge in [-0.3, -0.25) is 4.79 Å². The molecule has 0 aliphatic heterocycles. The smallest absolute Gasteiger partial charge is 0.277 e. The topological polar surface area (TPSA) is 50.7 Å². The molecule has 0 radical (unpaired) electrons. The van der Waals surface area contributed by atoms with E-state index in [1.54, 1.807) is 6.21 Å². The number of carbonyl (C=O) groups excluding carboxylic acids is 1. The molecule has 1 rings (SSSR count). The van der Waals surface area contributed by atoms with Crippen LogP contribution in [0.15, 0.2) is 29.4 Å². The number of rotatable bonds is 5. The second kappa shape index (κ2) is 6.61. The molecule has 0 heterocycles. The van der Waals surface area contributed by atoms with Crippen molar-refractivity contribution in [1.82, 2.24) is 5.43 Å². The van der Waals surface area contributed by atoms with E-state index in [1.165, 1.54) is 0 Å². The normalized spacial score (nSPS) is 10.4. The first-order valence-corrected chi connectivity index (χ1v) is 5.22. The van der Waals surface area contributed by atoms with E-state index in [1.807, 2.05) is 38.1 Å². The Kier molecular flexibility index (Phi) is 5.05. The van der Waals surface area contributed by atoms with E-state index < -0.39 is 0 Å². The van der Waals surface area contributed by atoms with Crippen molar-refractivity contribution in [3.8, 4) is 5.75 Å². The molecule has 16 heavy (non-hydrogen) atoms. The van der Waals surface area contributed by atoms with Crippen molar-refractivity contribution in [1.29, 1.82) is 0 Å². The van der Waals surface area contributed by atoms with Crippen LogP contribution in [0.5, 0.6) is 5.75 Å². The fourth-order valence-electron chi connectivity index (χ4n) is 1.10. The van der Waals surface area contributed by atoms with E-state index in [4.69, 9.17) is 4.74 Å². The Morgan fingerprint density at radius 1 is 1.56 bits per heavy atom. The number of amides is 1. The lowest BCUT2D eigenvalue weighted by Crippen LogP contribution is -2.24. The van der Waals surface area contributed by atoms with Crippen LogP contribution in [0.2, 0.25) is 0 Å². The molecule has 1 aromatic rings. The van der Waals surface area contributed by atoms with Gasteiger partial charge in [0.15, 0.2) is 6.61 Å².